The van der Waals surface area contributed by atoms with E-state index in [-0.39, 0.29) is 18.2 Å². The normalized spacial score (nSPS) is 21.4. The number of carbonyl (C=O) groups excluding carboxylic acids is 1. The minimum atomic E-state index is -0.458. The topological polar surface area (TPSA) is 94.5 Å². The lowest BCUT2D eigenvalue weighted by molar-refractivity contribution is 0.100. The third-order valence-electron chi connectivity index (χ3n) is 6.56. The van der Waals surface area contributed by atoms with Crippen LogP contribution in [0.2, 0.25) is 0 Å². The summed E-state index contributed by atoms with van der Waals surface area (Å²) in [4.78, 5) is 24.0. The number of nitrogens with one attached hydrogen (secondary N) is 1. The Labute approximate surface area is 191 Å². The first kappa shape index (κ1) is 21.5. The number of hydrogen-bond donors (Lipinski definition) is 2. The molecule has 0 radical (unpaired) electrons. The number of fused-ring (bicyclic) bond motifs is 1. The summed E-state index contributed by atoms with van der Waals surface area (Å²) in [5, 5.41) is 16.9. The van der Waals surface area contributed by atoms with Crippen molar-refractivity contribution in [2.45, 2.75) is 57.6 Å². The van der Waals surface area contributed by atoms with E-state index in [1.54, 1.807) is 6.07 Å². The molecule has 33 heavy (non-hydrogen) atoms. The van der Waals surface area contributed by atoms with Gasteiger partial charge in [0.1, 0.15) is 17.5 Å². The average molecular weight is 448 g/mol. The Morgan fingerprint density at radius 1 is 1.21 bits per heavy atom. The van der Waals surface area contributed by atoms with Gasteiger partial charge >= 0.3 is 0 Å². The molecule has 0 unspecified atom stereocenters. The van der Waals surface area contributed by atoms with Gasteiger partial charge in [-0.3, -0.25) is 9.89 Å². The van der Waals surface area contributed by atoms with E-state index in [1.165, 1.54) is 18.2 Å². The molecule has 5 rings (SSSR count). The van der Waals surface area contributed by atoms with Crippen molar-refractivity contribution in [1.82, 2.24) is 15.2 Å². The maximum absolute atomic E-state index is 13.6. The number of hydrogen-bond acceptors (Lipinski definition) is 4. The second-order valence-electron chi connectivity index (χ2n) is 8.80. The molecule has 1 aliphatic carbocycles. The van der Waals surface area contributed by atoms with Crippen LogP contribution in [0.15, 0.2) is 47.5 Å². The van der Waals surface area contributed by atoms with E-state index in [0.29, 0.717) is 18.2 Å². The van der Waals surface area contributed by atoms with Gasteiger partial charge in [0.2, 0.25) is 0 Å². The number of nitrogens with zero attached hydrogens (tertiary/aromatic N) is 4. The standard InChI is InChI=1S/C25H26FN5O2/c1-15-27-24(30-29-15)17-7-9-21(10-8-17)31-22-11-16(14-32)5-6-18(22)13-23(31)28-25(33)19-3-2-4-20(26)12-19/h2-6,11-12,17,21,32H,7-10,13-14H2,1H3,(H,27,29,30). The molecule has 1 aliphatic heterocycles. The summed E-state index contributed by atoms with van der Waals surface area (Å²) < 4.78 is 13.6. The number of aliphatic imine (C=N–C) groups is 1. The number of benzene rings is 2. The van der Waals surface area contributed by atoms with Crippen LogP contribution in [0.25, 0.3) is 0 Å². The highest BCUT2D eigenvalue weighted by Gasteiger charge is 2.35. The highest BCUT2D eigenvalue weighted by molar-refractivity contribution is 6.12. The predicted molar refractivity (Wildman–Crippen MR) is 123 cm³/mol. The number of rotatable bonds is 4. The Morgan fingerprint density at radius 3 is 2.73 bits per heavy atom. The van der Waals surface area contributed by atoms with E-state index in [0.717, 1.165) is 54.1 Å². The van der Waals surface area contributed by atoms with Crippen molar-refractivity contribution in [3.63, 3.8) is 0 Å². The second-order valence-corrected chi connectivity index (χ2v) is 8.80. The number of H-pyrrole nitrogens is 1. The average Bonchev–Trinajstić information content (AvgIpc) is 3.41. The lowest BCUT2D eigenvalue weighted by Crippen LogP contribution is -2.40. The van der Waals surface area contributed by atoms with Crippen LogP contribution in [0.5, 0.6) is 0 Å². The molecule has 170 valence electrons. The molecule has 0 spiro atoms. The molecule has 2 N–H and O–H groups in total. The van der Waals surface area contributed by atoms with Crippen LogP contribution in [0.3, 0.4) is 0 Å². The van der Waals surface area contributed by atoms with Crippen molar-refractivity contribution in [2.24, 2.45) is 4.99 Å². The Balaban J connectivity index is 1.43. The summed E-state index contributed by atoms with van der Waals surface area (Å²) in [6, 6.07) is 11.7. The summed E-state index contributed by atoms with van der Waals surface area (Å²) in [7, 11) is 0. The van der Waals surface area contributed by atoms with Gasteiger partial charge in [-0.15, -0.1) is 0 Å². The number of aromatic amines is 1. The summed E-state index contributed by atoms with van der Waals surface area (Å²) in [6.45, 7) is 1.85. The number of aromatic nitrogens is 3. The van der Waals surface area contributed by atoms with Gasteiger partial charge in [0.05, 0.1) is 6.61 Å². The highest BCUT2D eigenvalue weighted by atomic mass is 19.1. The summed E-state index contributed by atoms with van der Waals surface area (Å²) in [6.07, 6.45) is 4.24. The van der Waals surface area contributed by atoms with Crippen molar-refractivity contribution < 1.29 is 14.3 Å². The molecule has 2 heterocycles. The van der Waals surface area contributed by atoms with Crippen LogP contribution >= 0.6 is 0 Å². The monoisotopic (exact) mass is 447 g/mol. The van der Waals surface area contributed by atoms with Crippen LogP contribution in [0.4, 0.5) is 10.1 Å². The molecule has 0 bridgehead atoms. The van der Waals surface area contributed by atoms with Gasteiger partial charge in [-0.05, 0) is 68.0 Å². The summed E-state index contributed by atoms with van der Waals surface area (Å²) in [5.74, 6) is 1.76. The summed E-state index contributed by atoms with van der Waals surface area (Å²) >= 11 is 0. The van der Waals surface area contributed by atoms with Crippen LogP contribution in [-0.2, 0) is 13.0 Å². The van der Waals surface area contributed by atoms with Crippen LogP contribution < -0.4 is 4.90 Å². The first-order valence-electron chi connectivity index (χ1n) is 11.3. The van der Waals surface area contributed by atoms with Crippen LogP contribution in [0.1, 0.15) is 64.7 Å². The molecular weight excluding hydrogens is 421 g/mol. The van der Waals surface area contributed by atoms with E-state index in [2.05, 4.69) is 25.1 Å². The van der Waals surface area contributed by atoms with Gasteiger partial charge in [0, 0.05) is 29.6 Å². The van der Waals surface area contributed by atoms with Crippen molar-refractivity contribution >= 4 is 17.4 Å². The van der Waals surface area contributed by atoms with Crippen molar-refractivity contribution in [2.75, 3.05) is 4.90 Å². The van der Waals surface area contributed by atoms with Gasteiger partial charge in [0.15, 0.2) is 5.82 Å². The fourth-order valence-corrected chi connectivity index (χ4v) is 4.91. The molecular formula is C25H26FN5O2. The number of amides is 1. The maximum Gasteiger partial charge on any atom is 0.278 e. The number of aryl methyl sites for hydroxylation is 1. The molecule has 1 fully saturated rings. The van der Waals surface area contributed by atoms with Gasteiger partial charge in [-0.1, -0.05) is 18.2 Å². The molecule has 2 aliphatic rings. The highest BCUT2D eigenvalue weighted by Crippen LogP contribution is 2.39. The molecule has 3 aromatic rings. The number of aliphatic hydroxyl groups excluding tert-OH is 1. The number of halogens is 1. The SMILES string of the molecule is Cc1nc(C2CCC(N3C(=NC(=O)c4cccc(F)c4)Cc4ccc(CO)cc43)CC2)n[nH]1. The lowest BCUT2D eigenvalue weighted by Gasteiger charge is -2.35. The molecule has 0 saturated heterocycles. The van der Waals surface area contributed by atoms with E-state index >= 15 is 0 Å². The fourth-order valence-electron chi connectivity index (χ4n) is 4.91. The molecule has 2 aromatic carbocycles. The minimum Gasteiger partial charge on any atom is -0.392 e. The molecule has 7 nitrogen and oxygen atoms in total. The predicted octanol–water partition coefficient (Wildman–Crippen LogP) is 4.07. The number of carbonyl (C=O) groups is 1. The zero-order chi connectivity index (χ0) is 22.9. The maximum atomic E-state index is 13.6. The summed E-state index contributed by atoms with van der Waals surface area (Å²) in [5.41, 5.74) is 3.12. The van der Waals surface area contributed by atoms with Gasteiger partial charge in [0.25, 0.3) is 5.91 Å². The molecule has 1 aromatic heterocycles. The quantitative estimate of drug-likeness (QED) is 0.629. The Hall–Kier alpha value is -3.39. The Morgan fingerprint density at radius 2 is 2.03 bits per heavy atom. The minimum absolute atomic E-state index is 0.0489. The third-order valence-corrected chi connectivity index (χ3v) is 6.56. The molecule has 0 atom stereocenters. The van der Waals surface area contributed by atoms with Crippen molar-refractivity contribution in [3.8, 4) is 0 Å². The number of aliphatic hydroxyl groups is 1. The first-order valence-corrected chi connectivity index (χ1v) is 11.3. The van der Waals surface area contributed by atoms with Crippen LogP contribution in [0, 0.1) is 12.7 Å². The number of anilines is 1. The first-order chi connectivity index (χ1) is 16.0. The molecule has 8 heteroatoms. The number of amidine groups is 1. The van der Waals surface area contributed by atoms with Gasteiger partial charge in [-0.2, -0.15) is 10.1 Å². The zero-order valence-corrected chi connectivity index (χ0v) is 18.5. The van der Waals surface area contributed by atoms with Crippen LogP contribution in [-0.4, -0.2) is 38.1 Å². The Kier molecular flexibility index (Phi) is 5.76. The van der Waals surface area contributed by atoms with E-state index in [4.69, 9.17) is 0 Å². The van der Waals surface area contributed by atoms with Gasteiger partial charge in [-0.25, -0.2) is 9.37 Å². The largest absolute Gasteiger partial charge is 0.392 e. The fraction of sp³-hybridized carbons (Fsp3) is 0.360. The van der Waals surface area contributed by atoms with E-state index in [1.807, 2.05) is 25.1 Å². The van der Waals surface area contributed by atoms with E-state index in [9.17, 15) is 14.3 Å². The van der Waals surface area contributed by atoms with Gasteiger partial charge < -0.3 is 10.0 Å². The molecule has 1 saturated carbocycles. The Bertz CT molecular complexity index is 1210. The third kappa shape index (κ3) is 4.30. The molecule has 1 amide bonds. The second kappa shape index (κ2) is 8.86. The lowest BCUT2D eigenvalue weighted by atomic mass is 9.84. The zero-order valence-electron chi connectivity index (χ0n) is 18.5. The smallest absolute Gasteiger partial charge is 0.278 e. The van der Waals surface area contributed by atoms with Crippen molar-refractivity contribution in [1.29, 1.82) is 0 Å². The van der Waals surface area contributed by atoms with E-state index < -0.39 is 11.7 Å². The van der Waals surface area contributed by atoms with Crippen molar-refractivity contribution in [3.05, 3.63) is 76.6 Å².